The maximum absolute atomic E-state index is 11.0. The Morgan fingerprint density at radius 2 is 2.18 bits per heavy atom. The third-order valence-corrected chi connectivity index (χ3v) is 2.39. The lowest BCUT2D eigenvalue weighted by atomic mass is 10.1. The number of halogens is 1. The van der Waals surface area contributed by atoms with Gasteiger partial charge in [0.2, 0.25) is 0 Å². The molecule has 0 aliphatic rings. The van der Waals surface area contributed by atoms with Crippen molar-refractivity contribution in [2.24, 2.45) is 5.92 Å². The van der Waals surface area contributed by atoms with Gasteiger partial charge in [-0.25, -0.2) is 9.78 Å². The van der Waals surface area contributed by atoms with Crippen molar-refractivity contribution in [2.45, 2.75) is 20.3 Å². The van der Waals surface area contributed by atoms with Gasteiger partial charge in [-0.3, -0.25) is 0 Å². The average molecular weight is 255 g/mol. The number of imidazole rings is 1. The number of aromatic nitrogens is 2. The van der Waals surface area contributed by atoms with Gasteiger partial charge in [-0.1, -0.05) is 19.9 Å². The van der Waals surface area contributed by atoms with E-state index in [-0.39, 0.29) is 18.0 Å². The summed E-state index contributed by atoms with van der Waals surface area (Å²) < 4.78 is 0. The van der Waals surface area contributed by atoms with Crippen LogP contribution < -0.4 is 0 Å². The summed E-state index contributed by atoms with van der Waals surface area (Å²) in [6.07, 6.45) is 0.827. The molecular formula is C12H15ClN2O2. The molecule has 2 N–H and O–H groups in total. The normalized spacial score (nSPS) is 10.5. The van der Waals surface area contributed by atoms with Crippen LogP contribution in [0.15, 0.2) is 18.2 Å². The maximum atomic E-state index is 11.0. The monoisotopic (exact) mass is 254 g/mol. The lowest BCUT2D eigenvalue weighted by Gasteiger charge is -1.98. The van der Waals surface area contributed by atoms with Crippen LogP contribution in [-0.2, 0) is 6.42 Å². The molecule has 5 heteroatoms. The van der Waals surface area contributed by atoms with E-state index in [1.54, 1.807) is 12.1 Å². The van der Waals surface area contributed by atoms with Crippen molar-refractivity contribution in [1.29, 1.82) is 0 Å². The van der Waals surface area contributed by atoms with Crippen LogP contribution in [-0.4, -0.2) is 21.0 Å². The lowest BCUT2D eigenvalue weighted by molar-refractivity contribution is 0.0699. The molecule has 0 aliphatic heterocycles. The number of rotatable bonds is 3. The quantitative estimate of drug-likeness (QED) is 0.885. The SMILES string of the molecule is CC(C)Cc1nc2c(C(=O)O)cccc2[nH]1.Cl. The minimum Gasteiger partial charge on any atom is -0.478 e. The van der Waals surface area contributed by atoms with E-state index in [1.807, 2.05) is 6.07 Å². The number of fused-ring (bicyclic) bond motifs is 1. The molecule has 0 aliphatic carbocycles. The van der Waals surface area contributed by atoms with E-state index >= 15 is 0 Å². The summed E-state index contributed by atoms with van der Waals surface area (Å²) in [7, 11) is 0. The highest BCUT2D eigenvalue weighted by Crippen LogP contribution is 2.17. The molecule has 1 heterocycles. The van der Waals surface area contributed by atoms with Gasteiger partial charge in [0, 0.05) is 6.42 Å². The second-order valence-corrected chi connectivity index (χ2v) is 4.29. The van der Waals surface area contributed by atoms with E-state index in [0.29, 0.717) is 11.4 Å². The van der Waals surface area contributed by atoms with Gasteiger partial charge in [0.1, 0.15) is 11.3 Å². The highest BCUT2D eigenvalue weighted by molar-refractivity contribution is 6.00. The molecule has 0 amide bonds. The zero-order valence-corrected chi connectivity index (χ0v) is 10.5. The van der Waals surface area contributed by atoms with Crippen molar-refractivity contribution in [3.63, 3.8) is 0 Å². The number of hydrogen-bond acceptors (Lipinski definition) is 2. The Hall–Kier alpha value is -1.55. The van der Waals surface area contributed by atoms with Crippen molar-refractivity contribution in [2.75, 3.05) is 0 Å². The molecule has 0 bridgehead atoms. The third kappa shape index (κ3) is 2.77. The standard InChI is InChI=1S/C12H14N2O2.ClH/c1-7(2)6-10-13-9-5-3-4-8(12(15)16)11(9)14-10;/h3-5,7H,6H2,1-2H3,(H,13,14)(H,15,16);1H. The van der Waals surface area contributed by atoms with Crippen LogP contribution in [0.1, 0.15) is 30.0 Å². The van der Waals surface area contributed by atoms with Gasteiger partial charge in [-0.05, 0) is 18.1 Å². The smallest absolute Gasteiger partial charge is 0.337 e. The van der Waals surface area contributed by atoms with Crippen LogP contribution in [0.3, 0.4) is 0 Å². The van der Waals surface area contributed by atoms with Gasteiger partial charge in [-0.2, -0.15) is 0 Å². The molecule has 17 heavy (non-hydrogen) atoms. The number of para-hydroxylation sites is 1. The fourth-order valence-electron chi connectivity index (χ4n) is 1.74. The zero-order chi connectivity index (χ0) is 11.7. The van der Waals surface area contributed by atoms with E-state index in [0.717, 1.165) is 17.8 Å². The zero-order valence-electron chi connectivity index (χ0n) is 9.73. The molecule has 4 nitrogen and oxygen atoms in total. The average Bonchev–Trinajstić information content (AvgIpc) is 2.57. The fraction of sp³-hybridized carbons (Fsp3) is 0.333. The Bertz CT molecular complexity index is 534. The number of carbonyl (C=O) groups is 1. The summed E-state index contributed by atoms with van der Waals surface area (Å²) in [6, 6.07) is 5.15. The number of carboxylic acid groups (broad SMARTS) is 1. The Labute approximate surface area is 105 Å². The van der Waals surface area contributed by atoms with Crippen LogP contribution in [0.2, 0.25) is 0 Å². The minimum absolute atomic E-state index is 0. The summed E-state index contributed by atoms with van der Waals surface area (Å²) in [6.45, 7) is 4.20. The molecule has 92 valence electrons. The fourth-order valence-corrected chi connectivity index (χ4v) is 1.74. The van der Waals surface area contributed by atoms with E-state index in [1.165, 1.54) is 0 Å². The van der Waals surface area contributed by atoms with Gasteiger partial charge < -0.3 is 10.1 Å². The number of aromatic amines is 1. The molecule has 2 rings (SSSR count). The van der Waals surface area contributed by atoms with Crippen LogP contribution in [0, 0.1) is 5.92 Å². The summed E-state index contributed by atoms with van der Waals surface area (Å²) in [5, 5.41) is 9.02. The van der Waals surface area contributed by atoms with Crippen LogP contribution in [0.4, 0.5) is 0 Å². The summed E-state index contributed by atoms with van der Waals surface area (Å²) in [5.41, 5.74) is 1.59. The predicted molar refractivity (Wildman–Crippen MR) is 68.8 cm³/mol. The van der Waals surface area contributed by atoms with Crippen molar-refractivity contribution >= 4 is 29.4 Å². The summed E-state index contributed by atoms with van der Waals surface area (Å²) >= 11 is 0. The van der Waals surface area contributed by atoms with Gasteiger partial charge in [0.05, 0.1) is 11.1 Å². The Morgan fingerprint density at radius 1 is 1.47 bits per heavy atom. The number of H-pyrrole nitrogens is 1. The van der Waals surface area contributed by atoms with Crippen molar-refractivity contribution < 1.29 is 9.90 Å². The molecule has 1 aromatic heterocycles. The second-order valence-electron chi connectivity index (χ2n) is 4.29. The molecule has 2 aromatic rings. The number of hydrogen-bond donors (Lipinski definition) is 2. The first kappa shape index (κ1) is 13.5. The van der Waals surface area contributed by atoms with E-state index in [2.05, 4.69) is 23.8 Å². The number of aromatic carboxylic acids is 1. The third-order valence-electron chi connectivity index (χ3n) is 2.39. The largest absolute Gasteiger partial charge is 0.478 e. The molecule has 1 aromatic carbocycles. The van der Waals surface area contributed by atoms with E-state index in [4.69, 9.17) is 5.11 Å². The molecular weight excluding hydrogens is 240 g/mol. The Kier molecular flexibility index (Phi) is 4.12. The molecule has 0 fully saturated rings. The van der Waals surface area contributed by atoms with Crippen molar-refractivity contribution in [3.8, 4) is 0 Å². The maximum Gasteiger partial charge on any atom is 0.337 e. The molecule has 0 saturated carbocycles. The molecule has 0 unspecified atom stereocenters. The first-order valence-corrected chi connectivity index (χ1v) is 5.29. The van der Waals surface area contributed by atoms with Gasteiger partial charge in [0.25, 0.3) is 0 Å². The second kappa shape index (κ2) is 5.19. The van der Waals surface area contributed by atoms with E-state index < -0.39 is 5.97 Å². The number of nitrogens with one attached hydrogen (secondary N) is 1. The number of carboxylic acids is 1. The Balaban J connectivity index is 0.00000144. The first-order chi connectivity index (χ1) is 7.58. The highest BCUT2D eigenvalue weighted by atomic mass is 35.5. The van der Waals surface area contributed by atoms with E-state index in [9.17, 15) is 4.79 Å². The van der Waals surface area contributed by atoms with Crippen LogP contribution in [0.25, 0.3) is 11.0 Å². The predicted octanol–water partition coefficient (Wildman–Crippen LogP) is 2.88. The lowest BCUT2D eigenvalue weighted by Crippen LogP contribution is -1.97. The van der Waals surface area contributed by atoms with Crippen LogP contribution in [0.5, 0.6) is 0 Å². The van der Waals surface area contributed by atoms with Gasteiger partial charge in [-0.15, -0.1) is 12.4 Å². The molecule has 0 atom stereocenters. The van der Waals surface area contributed by atoms with Gasteiger partial charge >= 0.3 is 5.97 Å². The summed E-state index contributed by atoms with van der Waals surface area (Å²) in [5.74, 6) is 0.403. The highest BCUT2D eigenvalue weighted by Gasteiger charge is 2.12. The number of benzene rings is 1. The molecule has 0 spiro atoms. The molecule has 0 radical (unpaired) electrons. The molecule has 0 saturated heterocycles. The van der Waals surface area contributed by atoms with Gasteiger partial charge in [0.15, 0.2) is 0 Å². The van der Waals surface area contributed by atoms with Crippen molar-refractivity contribution in [1.82, 2.24) is 9.97 Å². The van der Waals surface area contributed by atoms with Crippen molar-refractivity contribution in [3.05, 3.63) is 29.6 Å². The number of nitrogens with zero attached hydrogens (tertiary/aromatic N) is 1. The first-order valence-electron chi connectivity index (χ1n) is 5.29. The summed E-state index contributed by atoms with van der Waals surface area (Å²) in [4.78, 5) is 18.5. The topological polar surface area (TPSA) is 66.0 Å². The Morgan fingerprint density at radius 3 is 2.76 bits per heavy atom. The minimum atomic E-state index is -0.937. The van der Waals surface area contributed by atoms with Crippen LogP contribution >= 0.6 is 12.4 Å².